The van der Waals surface area contributed by atoms with Crippen molar-refractivity contribution in [1.82, 2.24) is 10.2 Å². The lowest BCUT2D eigenvalue weighted by Crippen LogP contribution is -2.42. The Kier molecular flexibility index (Phi) is 4.55. The zero-order valence-electron chi connectivity index (χ0n) is 11.1. The third-order valence-corrected chi connectivity index (χ3v) is 3.40. The number of halogens is 1. The molecule has 1 aliphatic rings. The Bertz CT molecular complexity index is 403. The Morgan fingerprint density at radius 1 is 1.33 bits per heavy atom. The van der Waals surface area contributed by atoms with E-state index in [0.717, 1.165) is 38.3 Å². The molecule has 1 aromatic rings. The van der Waals surface area contributed by atoms with Crippen molar-refractivity contribution >= 4 is 0 Å². The Labute approximate surface area is 108 Å². The number of methoxy groups -OCH3 is 1. The van der Waals surface area contributed by atoms with E-state index in [0.29, 0.717) is 17.7 Å². The Hall–Kier alpha value is -1.13. The molecule has 0 aromatic heterocycles. The lowest BCUT2D eigenvalue weighted by molar-refractivity contribution is 0.232. The molecule has 1 N–H and O–H groups in total. The van der Waals surface area contributed by atoms with Gasteiger partial charge in [0.25, 0.3) is 0 Å². The number of benzene rings is 1. The van der Waals surface area contributed by atoms with Crippen LogP contribution in [-0.4, -0.2) is 38.2 Å². The third-order valence-electron chi connectivity index (χ3n) is 3.40. The zero-order chi connectivity index (χ0) is 13.0. The highest BCUT2D eigenvalue weighted by Gasteiger charge is 2.14. The molecule has 0 saturated carbocycles. The second-order valence-electron chi connectivity index (χ2n) is 4.64. The fraction of sp³-hybridized carbons (Fsp3) is 0.571. The minimum Gasteiger partial charge on any atom is -0.496 e. The van der Waals surface area contributed by atoms with Crippen LogP contribution in [0.3, 0.4) is 0 Å². The molecule has 0 unspecified atom stereocenters. The van der Waals surface area contributed by atoms with E-state index < -0.39 is 0 Å². The van der Waals surface area contributed by atoms with Gasteiger partial charge in [0.05, 0.1) is 7.11 Å². The molecule has 0 bridgehead atoms. The average Bonchev–Trinajstić information content (AvgIpc) is 2.39. The second kappa shape index (κ2) is 6.16. The number of nitrogens with zero attached hydrogens (tertiary/aromatic N) is 1. The molecule has 1 heterocycles. The van der Waals surface area contributed by atoms with Gasteiger partial charge in [-0.2, -0.15) is 0 Å². The van der Waals surface area contributed by atoms with Gasteiger partial charge in [0.2, 0.25) is 0 Å². The van der Waals surface area contributed by atoms with Crippen LogP contribution in [0.1, 0.15) is 18.1 Å². The van der Waals surface area contributed by atoms with E-state index in [1.54, 1.807) is 13.2 Å². The van der Waals surface area contributed by atoms with E-state index >= 15 is 0 Å². The molecule has 2 rings (SSSR count). The van der Waals surface area contributed by atoms with Crippen molar-refractivity contribution in [1.29, 1.82) is 0 Å². The maximum Gasteiger partial charge on any atom is 0.130 e. The van der Waals surface area contributed by atoms with Crippen molar-refractivity contribution in [3.05, 3.63) is 29.1 Å². The first-order chi connectivity index (χ1) is 8.74. The molecule has 1 fully saturated rings. The van der Waals surface area contributed by atoms with Crippen LogP contribution in [-0.2, 0) is 13.0 Å². The summed E-state index contributed by atoms with van der Waals surface area (Å²) in [7, 11) is 1.60. The summed E-state index contributed by atoms with van der Waals surface area (Å²) in [5.41, 5.74) is 1.66. The lowest BCUT2D eigenvalue weighted by Gasteiger charge is -2.27. The molecule has 18 heavy (non-hydrogen) atoms. The van der Waals surface area contributed by atoms with Gasteiger partial charge in [-0.25, -0.2) is 4.39 Å². The zero-order valence-corrected chi connectivity index (χ0v) is 11.1. The molecule has 0 spiro atoms. The van der Waals surface area contributed by atoms with Crippen LogP contribution in [0.5, 0.6) is 5.75 Å². The van der Waals surface area contributed by atoms with E-state index in [1.807, 2.05) is 13.0 Å². The smallest absolute Gasteiger partial charge is 0.130 e. The highest BCUT2D eigenvalue weighted by Crippen LogP contribution is 2.25. The first-order valence-corrected chi connectivity index (χ1v) is 6.53. The van der Waals surface area contributed by atoms with Crippen molar-refractivity contribution in [2.24, 2.45) is 0 Å². The van der Waals surface area contributed by atoms with Crippen LogP contribution in [0.2, 0.25) is 0 Å². The van der Waals surface area contributed by atoms with Crippen LogP contribution in [0.4, 0.5) is 4.39 Å². The number of hydrogen-bond donors (Lipinski definition) is 1. The second-order valence-corrected chi connectivity index (χ2v) is 4.64. The number of rotatable bonds is 4. The van der Waals surface area contributed by atoms with Crippen LogP contribution >= 0.6 is 0 Å². The Balaban J connectivity index is 2.15. The molecule has 0 amide bonds. The van der Waals surface area contributed by atoms with Crippen LogP contribution in [0, 0.1) is 5.82 Å². The van der Waals surface area contributed by atoms with Crippen molar-refractivity contribution < 1.29 is 9.13 Å². The van der Waals surface area contributed by atoms with Gasteiger partial charge in [0.15, 0.2) is 0 Å². The molecule has 100 valence electrons. The molecule has 3 nitrogen and oxygen atoms in total. The summed E-state index contributed by atoms with van der Waals surface area (Å²) in [6.45, 7) is 6.77. The molecule has 1 aromatic carbocycles. The predicted molar refractivity (Wildman–Crippen MR) is 70.5 cm³/mol. The van der Waals surface area contributed by atoms with Gasteiger partial charge in [-0.3, -0.25) is 4.90 Å². The standard InChI is InChI=1S/C14H21FN2O/c1-3-12-13(15)8-11(9-14(12)18-2)10-17-6-4-16-5-7-17/h8-9,16H,3-7,10H2,1-2H3. The summed E-state index contributed by atoms with van der Waals surface area (Å²) in [4.78, 5) is 2.33. The number of ether oxygens (including phenoxy) is 1. The third kappa shape index (κ3) is 3.00. The largest absolute Gasteiger partial charge is 0.496 e. The van der Waals surface area contributed by atoms with Gasteiger partial charge < -0.3 is 10.1 Å². The fourth-order valence-electron chi connectivity index (χ4n) is 2.41. The first kappa shape index (κ1) is 13.3. The molecule has 4 heteroatoms. The summed E-state index contributed by atoms with van der Waals surface area (Å²) in [5, 5.41) is 3.31. The molecule has 0 aliphatic carbocycles. The minimum atomic E-state index is -0.151. The Morgan fingerprint density at radius 2 is 2.06 bits per heavy atom. The van der Waals surface area contributed by atoms with E-state index in [-0.39, 0.29) is 5.82 Å². The average molecular weight is 252 g/mol. The Morgan fingerprint density at radius 3 is 2.67 bits per heavy atom. The maximum absolute atomic E-state index is 13.9. The van der Waals surface area contributed by atoms with E-state index in [1.165, 1.54) is 0 Å². The van der Waals surface area contributed by atoms with E-state index in [4.69, 9.17) is 4.74 Å². The monoisotopic (exact) mass is 252 g/mol. The topological polar surface area (TPSA) is 24.5 Å². The lowest BCUT2D eigenvalue weighted by atomic mass is 10.1. The van der Waals surface area contributed by atoms with E-state index in [9.17, 15) is 4.39 Å². The summed E-state index contributed by atoms with van der Waals surface area (Å²) in [6.07, 6.45) is 0.656. The fourth-order valence-corrected chi connectivity index (χ4v) is 2.41. The van der Waals surface area contributed by atoms with E-state index in [2.05, 4.69) is 10.2 Å². The molecule has 0 radical (unpaired) electrons. The van der Waals surface area contributed by atoms with Gasteiger partial charge in [0.1, 0.15) is 11.6 Å². The highest BCUT2D eigenvalue weighted by atomic mass is 19.1. The predicted octanol–water partition coefficient (Wildman–Crippen LogP) is 1.80. The summed E-state index contributed by atoms with van der Waals surface area (Å²) < 4.78 is 19.2. The molecule has 1 aliphatic heterocycles. The van der Waals surface area contributed by atoms with Crippen molar-refractivity contribution in [3.63, 3.8) is 0 Å². The summed E-state index contributed by atoms with van der Waals surface area (Å²) in [5.74, 6) is 0.518. The minimum absolute atomic E-state index is 0.151. The van der Waals surface area contributed by atoms with Crippen molar-refractivity contribution in [2.75, 3.05) is 33.3 Å². The normalized spacial score (nSPS) is 16.8. The molecular formula is C14H21FN2O. The SMILES string of the molecule is CCc1c(F)cc(CN2CCNCC2)cc1OC. The van der Waals surface area contributed by atoms with Gasteiger partial charge in [-0.15, -0.1) is 0 Å². The first-order valence-electron chi connectivity index (χ1n) is 6.53. The molecule has 0 atom stereocenters. The van der Waals surface area contributed by atoms with Crippen molar-refractivity contribution in [3.8, 4) is 5.75 Å². The van der Waals surface area contributed by atoms with Gasteiger partial charge in [-0.05, 0) is 24.1 Å². The van der Waals surface area contributed by atoms with Crippen LogP contribution < -0.4 is 10.1 Å². The van der Waals surface area contributed by atoms with Crippen LogP contribution in [0.25, 0.3) is 0 Å². The molecular weight excluding hydrogens is 231 g/mol. The van der Waals surface area contributed by atoms with Gasteiger partial charge >= 0.3 is 0 Å². The quantitative estimate of drug-likeness (QED) is 0.884. The summed E-state index contributed by atoms with van der Waals surface area (Å²) >= 11 is 0. The maximum atomic E-state index is 13.9. The van der Waals surface area contributed by atoms with Crippen LogP contribution in [0.15, 0.2) is 12.1 Å². The van der Waals surface area contributed by atoms with Gasteiger partial charge in [0, 0.05) is 38.3 Å². The number of nitrogens with one attached hydrogen (secondary N) is 1. The van der Waals surface area contributed by atoms with Gasteiger partial charge in [-0.1, -0.05) is 6.92 Å². The molecule has 1 saturated heterocycles. The highest BCUT2D eigenvalue weighted by molar-refractivity contribution is 5.38. The number of piperazine rings is 1. The van der Waals surface area contributed by atoms with Crippen molar-refractivity contribution in [2.45, 2.75) is 19.9 Å². The number of hydrogen-bond acceptors (Lipinski definition) is 3. The summed E-state index contributed by atoms with van der Waals surface area (Å²) in [6, 6.07) is 3.60.